The van der Waals surface area contributed by atoms with Crippen molar-refractivity contribution in [2.45, 2.75) is 49.5 Å². The topological polar surface area (TPSA) is 144 Å². The summed E-state index contributed by atoms with van der Waals surface area (Å²) in [5.41, 5.74) is 0.753. The summed E-state index contributed by atoms with van der Waals surface area (Å²) in [5, 5.41) is 43.4. The van der Waals surface area contributed by atoms with Gasteiger partial charge in [0.1, 0.15) is 12.2 Å². The number of aliphatic hydroxyl groups is 3. The molecule has 25 heavy (non-hydrogen) atoms. The number of aromatic nitrogens is 1. The number of hydrogen-bond donors (Lipinski definition) is 4. The first-order valence-corrected chi connectivity index (χ1v) is 7.97. The largest absolute Gasteiger partial charge is 0.479 e. The van der Waals surface area contributed by atoms with Crippen molar-refractivity contribution in [1.82, 2.24) is 5.01 Å². The van der Waals surface area contributed by atoms with Crippen LogP contribution in [0.3, 0.4) is 0 Å². The molecule has 6 atom stereocenters. The maximum Gasteiger partial charge on any atom is 0.335 e. The van der Waals surface area contributed by atoms with Gasteiger partial charge in [0, 0.05) is 18.2 Å². The first-order valence-electron chi connectivity index (χ1n) is 7.97. The molecule has 0 bridgehead atoms. The van der Waals surface area contributed by atoms with Crippen molar-refractivity contribution in [3.8, 4) is 0 Å². The molecular formula is C15H20N3O7+. The molecule has 4 N–H and O–H groups in total. The fourth-order valence-electron chi connectivity index (χ4n) is 3.37. The van der Waals surface area contributed by atoms with Gasteiger partial charge in [-0.1, -0.05) is 0 Å². The molecule has 0 saturated carbocycles. The Morgan fingerprint density at radius 2 is 2.04 bits per heavy atom. The summed E-state index contributed by atoms with van der Waals surface area (Å²) in [6.45, 7) is 0.553. The molecule has 0 aromatic carbocycles. The minimum atomic E-state index is -1.74. The monoisotopic (exact) mass is 354 g/mol. The second kappa shape index (κ2) is 7.00. The Balaban J connectivity index is 1.89. The van der Waals surface area contributed by atoms with Crippen molar-refractivity contribution < 1.29 is 34.5 Å². The number of ether oxygens (including phenoxy) is 1. The number of aliphatic hydroxyl groups excluding tert-OH is 3. The molecular weight excluding hydrogens is 334 g/mol. The molecule has 1 aromatic heterocycles. The van der Waals surface area contributed by atoms with Crippen molar-refractivity contribution in [2.24, 2.45) is 5.29 Å². The zero-order valence-corrected chi connectivity index (χ0v) is 13.3. The molecule has 10 nitrogen and oxygen atoms in total. The highest BCUT2D eigenvalue weighted by Crippen LogP contribution is 2.32. The van der Waals surface area contributed by atoms with Crippen LogP contribution in [0.4, 0.5) is 0 Å². The molecule has 0 radical (unpaired) electrons. The number of nitroso groups, excluding NO2 is 1. The van der Waals surface area contributed by atoms with E-state index < -0.39 is 36.6 Å². The molecule has 2 unspecified atom stereocenters. The Bertz CT molecular complexity index is 658. The third-order valence-corrected chi connectivity index (χ3v) is 4.68. The molecule has 2 aliphatic heterocycles. The summed E-state index contributed by atoms with van der Waals surface area (Å²) in [7, 11) is 0. The summed E-state index contributed by atoms with van der Waals surface area (Å²) in [4.78, 5) is 22.1. The number of rotatable bonds is 4. The van der Waals surface area contributed by atoms with Gasteiger partial charge >= 0.3 is 5.97 Å². The molecule has 1 aromatic rings. The van der Waals surface area contributed by atoms with Crippen LogP contribution >= 0.6 is 0 Å². The summed E-state index contributed by atoms with van der Waals surface area (Å²) >= 11 is 0. The fourth-order valence-corrected chi connectivity index (χ4v) is 3.37. The second-order valence-corrected chi connectivity index (χ2v) is 6.24. The van der Waals surface area contributed by atoms with Gasteiger partial charge in [0.25, 0.3) is 6.23 Å². The number of pyridine rings is 1. The Hall–Kier alpha value is -2.14. The Morgan fingerprint density at radius 3 is 2.72 bits per heavy atom. The van der Waals surface area contributed by atoms with Crippen LogP contribution < -0.4 is 4.57 Å². The molecule has 10 heteroatoms. The Labute approximate surface area is 142 Å². The normalized spacial score (nSPS) is 35.6. The van der Waals surface area contributed by atoms with E-state index in [2.05, 4.69) is 5.29 Å². The third-order valence-electron chi connectivity index (χ3n) is 4.68. The second-order valence-electron chi connectivity index (χ2n) is 6.24. The smallest absolute Gasteiger partial charge is 0.335 e. The first-order chi connectivity index (χ1) is 11.9. The minimum Gasteiger partial charge on any atom is -0.479 e. The van der Waals surface area contributed by atoms with Crippen LogP contribution in [0.15, 0.2) is 29.8 Å². The average Bonchev–Trinajstić information content (AvgIpc) is 3.08. The predicted molar refractivity (Wildman–Crippen MR) is 80.7 cm³/mol. The molecule has 2 aliphatic rings. The summed E-state index contributed by atoms with van der Waals surface area (Å²) < 4.78 is 6.73. The highest BCUT2D eigenvalue weighted by molar-refractivity contribution is 5.73. The van der Waals surface area contributed by atoms with Crippen LogP contribution in [0.25, 0.3) is 0 Å². The van der Waals surface area contributed by atoms with E-state index in [1.165, 1.54) is 9.58 Å². The quantitative estimate of drug-likeness (QED) is 0.392. The van der Waals surface area contributed by atoms with Gasteiger partial charge in [-0.15, -0.1) is 4.91 Å². The number of aliphatic carboxylic acids is 1. The third kappa shape index (κ3) is 3.21. The van der Waals surface area contributed by atoms with Crippen molar-refractivity contribution >= 4 is 5.97 Å². The molecule has 136 valence electrons. The van der Waals surface area contributed by atoms with E-state index in [1.807, 2.05) is 0 Å². The zero-order chi connectivity index (χ0) is 18.1. The highest BCUT2D eigenvalue weighted by Gasteiger charge is 2.51. The van der Waals surface area contributed by atoms with Crippen molar-refractivity contribution in [3.63, 3.8) is 0 Å². The molecule has 2 fully saturated rings. The Kier molecular flexibility index (Phi) is 4.95. The maximum atomic E-state index is 11.2. The summed E-state index contributed by atoms with van der Waals surface area (Å²) in [6, 6.07) is 3.25. The van der Waals surface area contributed by atoms with Crippen LogP contribution in [0.5, 0.6) is 0 Å². The van der Waals surface area contributed by atoms with E-state index >= 15 is 0 Å². The molecule has 0 aliphatic carbocycles. The van der Waals surface area contributed by atoms with Gasteiger partial charge in [0.2, 0.25) is 0 Å². The van der Waals surface area contributed by atoms with Crippen LogP contribution in [0.2, 0.25) is 0 Å². The van der Waals surface area contributed by atoms with Crippen LogP contribution in [-0.2, 0) is 9.53 Å². The number of carbonyl (C=O) groups is 1. The Morgan fingerprint density at radius 1 is 1.28 bits per heavy atom. The fraction of sp³-hybridized carbons (Fsp3) is 0.600. The van der Waals surface area contributed by atoms with Gasteiger partial charge in [-0.25, -0.2) is 4.79 Å². The lowest BCUT2D eigenvalue weighted by molar-refractivity contribution is -0.777. The first kappa shape index (κ1) is 17.7. The van der Waals surface area contributed by atoms with Gasteiger partial charge in [-0.3, -0.25) is 5.01 Å². The maximum absolute atomic E-state index is 11.2. The standard InChI is InChI=1S/C15H19N3O7/c19-10-11(20)13(15(22)23)25-14(12(10)21)17-5-1-3-8(7-17)9-4-2-6-18(9)16-24/h1,3,5,7,9-14,19-21H,2,4,6H2/p+1/t9?,10-,11-,12+,13-,14?/m0/s1. The van der Waals surface area contributed by atoms with Gasteiger partial charge in [-0.05, 0) is 18.9 Å². The van der Waals surface area contributed by atoms with E-state index in [0.29, 0.717) is 6.54 Å². The molecule has 0 spiro atoms. The van der Waals surface area contributed by atoms with E-state index in [9.17, 15) is 25.0 Å². The number of nitrogens with zero attached hydrogens (tertiary/aromatic N) is 3. The van der Waals surface area contributed by atoms with E-state index in [0.717, 1.165) is 18.4 Å². The van der Waals surface area contributed by atoms with E-state index in [4.69, 9.17) is 9.84 Å². The number of carboxylic acids is 1. The van der Waals surface area contributed by atoms with Crippen LogP contribution in [-0.4, -0.2) is 62.4 Å². The lowest BCUT2D eigenvalue weighted by atomic mass is 9.97. The average molecular weight is 354 g/mol. The van der Waals surface area contributed by atoms with Crippen molar-refractivity contribution in [2.75, 3.05) is 6.54 Å². The lowest BCUT2D eigenvalue weighted by Gasteiger charge is -2.35. The number of carboxylic acid groups (broad SMARTS) is 1. The van der Waals surface area contributed by atoms with E-state index in [1.54, 1.807) is 24.5 Å². The molecule has 2 saturated heterocycles. The molecule has 3 heterocycles. The van der Waals surface area contributed by atoms with Gasteiger partial charge in [-0.2, -0.15) is 4.57 Å². The SMILES string of the molecule is O=NN1CCCC1c1ccc[n+](C2O[C@H](C(=O)O)[C@@H](O)[C@H](O)[C@H]2O)c1. The lowest BCUT2D eigenvalue weighted by Crippen LogP contribution is -2.63. The summed E-state index contributed by atoms with van der Waals surface area (Å²) in [6.07, 6.45) is -3.07. The van der Waals surface area contributed by atoms with Gasteiger partial charge < -0.3 is 25.2 Å². The summed E-state index contributed by atoms with van der Waals surface area (Å²) in [5.74, 6) is -1.44. The molecule has 3 rings (SSSR count). The van der Waals surface area contributed by atoms with Crippen molar-refractivity contribution in [3.05, 3.63) is 35.0 Å². The highest BCUT2D eigenvalue weighted by atomic mass is 16.6. The van der Waals surface area contributed by atoms with Crippen molar-refractivity contribution in [1.29, 1.82) is 0 Å². The predicted octanol–water partition coefficient (Wildman–Crippen LogP) is -1.14. The van der Waals surface area contributed by atoms with E-state index in [-0.39, 0.29) is 6.04 Å². The van der Waals surface area contributed by atoms with Crippen LogP contribution in [0.1, 0.15) is 30.7 Å². The van der Waals surface area contributed by atoms with Gasteiger partial charge in [0.15, 0.2) is 24.6 Å². The number of hydrogen-bond acceptors (Lipinski definition) is 7. The molecule has 0 amide bonds. The van der Waals surface area contributed by atoms with Crippen LogP contribution in [0, 0.1) is 4.91 Å². The van der Waals surface area contributed by atoms with Gasteiger partial charge in [0.05, 0.1) is 11.3 Å². The zero-order valence-electron chi connectivity index (χ0n) is 13.3. The minimum absolute atomic E-state index is 0.212.